The number of aliphatic carboxylic acids is 3. The van der Waals surface area contributed by atoms with Crippen LogP contribution in [0.15, 0.2) is 60.7 Å². The summed E-state index contributed by atoms with van der Waals surface area (Å²) in [5.74, 6) is -4.89. The van der Waals surface area contributed by atoms with E-state index in [1.165, 1.54) is 61.7 Å². The van der Waals surface area contributed by atoms with Gasteiger partial charge >= 0.3 is 29.8 Å². The van der Waals surface area contributed by atoms with Crippen molar-refractivity contribution < 1.29 is 77.4 Å². The quantitative estimate of drug-likeness (QED) is 0.0748. The molecule has 0 aliphatic rings. The zero-order valence-electron chi connectivity index (χ0n) is 35.4. The van der Waals surface area contributed by atoms with Crippen LogP contribution in [0.3, 0.4) is 0 Å². The molecular formula is C40H67N5O16. The molecule has 2 rings (SSSR count). The van der Waals surface area contributed by atoms with Crippen LogP contribution in [0.1, 0.15) is 52.7 Å². The number of carbonyl (C=O) groups excluding carboxylic acids is 5. The monoisotopic (exact) mass is 873 g/mol. The molecule has 4 atom stereocenters. The van der Waals surface area contributed by atoms with Crippen LogP contribution in [0, 0.1) is 0 Å². The number of rotatable bonds is 18. The first-order valence-electron chi connectivity index (χ1n) is 17.8. The number of esters is 2. The van der Waals surface area contributed by atoms with Gasteiger partial charge in [0.2, 0.25) is 11.8 Å². The molecule has 21 nitrogen and oxygen atoms in total. The van der Waals surface area contributed by atoms with Gasteiger partial charge in [-0.3, -0.25) is 33.6 Å². The molecule has 0 bridgehead atoms. The summed E-state index contributed by atoms with van der Waals surface area (Å²) in [6.07, 6.45) is 1.08. The Morgan fingerprint density at radius 2 is 0.902 bits per heavy atom. The maximum absolute atomic E-state index is 11.9. The molecule has 0 aliphatic heterocycles. The summed E-state index contributed by atoms with van der Waals surface area (Å²) >= 11 is 0. The lowest BCUT2D eigenvalue weighted by Gasteiger charge is -2.15. The highest BCUT2D eigenvalue weighted by molar-refractivity contribution is 5.88. The Kier molecular flexibility index (Phi) is 44.9. The Morgan fingerprint density at radius 3 is 1.15 bits per heavy atom. The van der Waals surface area contributed by atoms with Gasteiger partial charge in [-0.2, -0.15) is 0 Å². The number of hydrogen-bond donors (Lipinski definition) is 8. The fourth-order valence-electron chi connectivity index (χ4n) is 3.62. The molecule has 2 amide bonds. The summed E-state index contributed by atoms with van der Waals surface area (Å²) in [6, 6.07) is 16.5. The van der Waals surface area contributed by atoms with Gasteiger partial charge in [-0.25, -0.2) is 4.79 Å². The van der Waals surface area contributed by atoms with E-state index in [2.05, 4.69) is 29.6 Å². The summed E-state index contributed by atoms with van der Waals surface area (Å²) in [6.45, 7) is 5.98. The molecule has 21 heteroatoms. The predicted octanol–water partition coefficient (Wildman–Crippen LogP) is 0.528. The van der Waals surface area contributed by atoms with Crippen molar-refractivity contribution in [2.75, 3.05) is 54.9 Å². The van der Waals surface area contributed by atoms with Crippen LogP contribution in [0.2, 0.25) is 0 Å². The van der Waals surface area contributed by atoms with Gasteiger partial charge in [0.05, 0.1) is 26.4 Å². The van der Waals surface area contributed by atoms with Gasteiger partial charge in [-0.05, 0) is 17.5 Å². The Morgan fingerprint density at radius 1 is 0.557 bits per heavy atom. The van der Waals surface area contributed by atoms with E-state index >= 15 is 0 Å². The average Bonchev–Trinajstić information content (AvgIpc) is 3.18. The van der Waals surface area contributed by atoms with Crippen LogP contribution in [0.4, 0.5) is 0 Å². The average molecular weight is 874 g/mol. The van der Waals surface area contributed by atoms with Crippen LogP contribution in [-0.2, 0) is 75.0 Å². The molecule has 0 aliphatic carbocycles. The van der Waals surface area contributed by atoms with Crippen molar-refractivity contribution in [1.82, 2.24) is 10.6 Å². The van der Waals surface area contributed by atoms with Crippen molar-refractivity contribution in [3.05, 3.63) is 71.8 Å². The van der Waals surface area contributed by atoms with Crippen molar-refractivity contribution in [2.45, 2.75) is 78.7 Å². The summed E-state index contributed by atoms with van der Waals surface area (Å²) in [7, 11) is 5.70. The zero-order valence-corrected chi connectivity index (χ0v) is 35.4. The van der Waals surface area contributed by atoms with Crippen molar-refractivity contribution >= 4 is 47.4 Å². The molecule has 0 saturated carbocycles. The molecule has 348 valence electrons. The minimum absolute atomic E-state index is 0. The van der Waals surface area contributed by atoms with Crippen LogP contribution < -0.4 is 27.8 Å². The standard InChI is InChI=1S/C14H19NO3.C7H9N.C6H11NO4.2C4H9NO3.C4H6O3.CH4/c1-11(16)15-13(10-18-2)14(17)9-8-12-6-4-3-5-7-12;8-6-7-4-2-1-3-5-7;1-4(8)7-5(3-11-2)6(9)10;2*1-8-2-3(5)4(6)7;1-3(5)7-4(2)6;/h3-7,13H,8-10H2,1-2H3,(H,15,16);1-5H,6,8H2;5H,3H2,1-2H3,(H,7,8)(H,9,10);2*3H,2,5H2,1H3,(H,6,7);1-2H3;1H4/t13-;;5-;3-;;;/m1.11.../s1. The molecular weight excluding hydrogens is 806 g/mol. The van der Waals surface area contributed by atoms with Crippen LogP contribution >= 0.6 is 0 Å². The second-order valence-electron chi connectivity index (χ2n) is 11.8. The molecule has 0 radical (unpaired) electrons. The molecule has 0 heterocycles. The third kappa shape index (κ3) is 45.3. The first-order valence-corrected chi connectivity index (χ1v) is 17.8. The number of carboxylic acids is 3. The molecule has 2 aromatic rings. The van der Waals surface area contributed by atoms with Crippen molar-refractivity contribution in [2.24, 2.45) is 17.2 Å². The minimum Gasteiger partial charge on any atom is -0.480 e. The van der Waals surface area contributed by atoms with Gasteiger partial charge in [-0.1, -0.05) is 68.1 Å². The number of aryl methyl sites for hydroxylation is 1. The molecule has 61 heavy (non-hydrogen) atoms. The topological polar surface area (TPSA) is 346 Å². The number of methoxy groups -OCH3 is 4. The highest BCUT2D eigenvalue weighted by Gasteiger charge is 2.19. The Balaban J connectivity index is -0.000000214. The summed E-state index contributed by atoms with van der Waals surface area (Å²) in [4.78, 5) is 83.1. The summed E-state index contributed by atoms with van der Waals surface area (Å²) < 4.78 is 22.4. The summed E-state index contributed by atoms with van der Waals surface area (Å²) in [5.41, 5.74) is 17.7. The molecule has 0 aromatic heterocycles. The molecule has 0 fully saturated rings. The number of carboxylic acid groups (broad SMARTS) is 3. The summed E-state index contributed by atoms with van der Waals surface area (Å²) in [5, 5.41) is 29.5. The number of Topliss-reactive ketones (excluding diaryl/α,β-unsaturated/α-hetero) is 1. The molecule has 0 saturated heterocycles. The second kappa shape index (κ2) is 42.4. The second-order valence-corrected chi connectivity index (χ2v) is 11.8. The zero-order chi connectivity index (χ0) is 47.1. The van der Waals surface area contributed by atoms with E-state index in [0.29, 0.717) is 19.4 Å². The Bertz CT molecular complexity index is 1470. The number of nitrogens with two attached hydrogens (primary N) is 3. The molecule has 2 aromatic carbocycles. The van der Waals surface area contributed by atoms with E-state index in [9.17, 15) is 38.4 Å². The normalized spacial score (nSPS) is 11.3. The maximum atomic E-state index is 11.9. The van der Waals surface area contributed by atoms with Crippen molar-refractivity contribution in [3.63, 3.8) is 0 Å². The number of amides is 2. The van der Waals surface area contributed by atoms with Gasteiger partial charge in [0.15, 0.2) is 11.8 Å². The number of benzene rings is 2. The van der Waals surface area contributed by atoms with Crippen LogP contribution in [0.25, 0.3) is 0 Å². The molecule has 1 unspecified atom stereocenters. The lowest BCUT2D eigenvalue weighted by atomic mass is 10.0. The van der Waals surface area contributed by atoms with E-state index in [-0.39, 0.29) is 51.5 Å². The lowest BCUT2D eigenvalue weighted by Crippen LogP contribution is -2.43. The van der Waals surface area contributed by atoms with Gasteiger partial charge in [-0.15, -0.1) is 0 Å². The first kappa shape index (κ1) is 64.5. The van der Waals surface area contributed by atoms with Crippen LogP contribution in [-0.4, -0.2) is 142 Å². The highest BCUT2D eigenvalue weighted by atomic mass is 16.6. The van der Waals surface area contributed by atoms with Gasteiger partial charge in [0.1, 0.15) is 18.1 Å². The molecule has 11 N–H and O–H groups in total. The number of ether oxygens (including phenoxy) is 5. The largest absolute Gasteiger partial charge is 0.480 e. The Hall–Kier alpha value is -5.68. The van der Waals surface area contributed by atoms with Gasteiger partial charge in [0, 0.05) is 69.1 Å². The minimum atomic E-state index is -1.10. The van der Waals surface area contributed by atoms with Crippen molar-refractivity contribution in [3.8, 4) is 0 Å². The van der Waals surface area contributed by atoms with E-state index in [1.807, 2.05) is 60.7 Å². The smallest absolute Gasteiger partial charge is 0.328 e. The third-order valence-corrected chi connectivity index (χ3v) is 6.30. The predicted molar refractivity (Wildman–Crippen MR) is 225 cm³/mol. The molecule has 0 spiro atoms. The first-order chi connectivity index (χ1) is 28.1. The fourth-order valence-corrected chi connectivity index (χ4v) is 3.62. The van der Waals surface area contributed by atoms with Gasteiger partial charge < -0.3 is 66.8 Å². The fraction of sp³-hybridized carbons (Fsp3) is 0.500. The van der Waals surface area contributed by atoms with E-state index in [0.717, 1.165) is 5.56 Å². The van der Waals surface area contributed by atoms with Crippen molar-refractivity contribution in [1.29, 1.82) is 0 Å². The number of carbonyl (C=O) groups is 8. The van der Waals surface area contributed by atoms with E-state index in [4.69, 9.17) is 37.3 Å². The number of ketones is 1. The Labute approximate surface area is 357 Å². The lowest BCUT2D eigenvalue weighted by molar-refractivity contribution is -0.156. The van der Waals surface area contributed by atoms with E-state index in [1.54, 1.807) is 0 Å². The van der Waals surface area contributed by atoms with Gasteiger partial charge in [0.25, 0.3) is 0 Å². The van der Waals surface area contributed by atoms with E-state index < -0.39 is 54.0 Å². The SMILES string of the molecule is C.CC(=O)OC(C)=O.COCC(N)C(=O)O.COC[C@@H](N)C(=O)O.COC[C@@H](NC(C)=O)C(=O)CCc1ccccc1.COC[C@@H](NC(C)=O)C(=O)O.NCc1ccccc1. The maximum Gasteiger partial charge on any atom is 0.328 e. The van der Waals surface area contributed by atoms with Crippen LogP contribution in [0.5, 0.6) is 0 Å². The number of nitrogens with one attached hydrogen (secondary N) is 2. The third-order valence-electron chi connectivity index (χ3n) is 6.30. The number of hydrogen-bond acceptors (Lipinski definition) is 16. The highest BCUT2D eigenvalue weighted by Crippen LogP contribution is 2.05.